The Hall–Kier alpha value is -0.250. The monoisotopic (exact) mass is 209 g/mol. The van der Waals surface area contributed by atoms with Gasteiger partial charge in [0, 0.05) is 25.5 Å². The molecule has 2 rings (SSSR count). The summed E-state index contributed by atoms with van der Waals surface area (Å²) in [5.74, 6) is 1.12. The first kappa shape index (κ1) is 11.8. The van der Waals surface area contributed by atoms with Crippen molar-refractivity contribution in [2.75, 3.05) is 13.1 Å². The molecule has 0 unspecified atom stereocenters. The summed E-state index contributed by atoms with van der Waals surface area (Å²) >= 11 is 0. The van der Waals surface area contributed by atoms with Crippen molar-refractivity contribution in [3.8, 4) is 0 Å². The molecule has 1 N–H and O–H groups in total. The number of nitrogens with one attached hydrogen (secondary N) is 1. The van der Waals surface area contributed by atoms with Gasteiger partial charge in [-0.2, -0.15) is 0 Å². The maximum Gasteiger partial charge on any atom is 0.105 e. The molecule has 0 spiro atoms. The van der Waals surface area contributed by atoms with Crippen molar-refractivity contribution in [1.29, 1.82) is 0 Å². The largest absolute Gasteiger partial charge is 0.330 e. The molecule has 1 aliphatic heterocycles. The van der Waals surface area contributed by atoms with Crippen molar-refractivity contribution >= 4 is 24.8 Å². The Morgan fingerprint density at radius 1 is 1.50 bits per heavy atom. The Labute approximate surface area is 84.4 Å². The van der Waals surface area contributed by atoms with E-state index in [2.05, 4.69) is 14.9 Å². The van der Waals surface area contributed by atoms with Gasteiger partial charge in [0.15, 0.2) is 0 Å². The quantitative estimate of drug-likeness (QED) is 0.754. The fourth-order valence-electron chi connectivity index (χ4n) is 1.24. The van der Waals surface area contributed by atoms with Gasteiger partial charge in [0.1, 0.15) is 5.82 Å². The van der Waals surface area contributed by atoms with Crippen LogP contribution in [0.5, 0.6) is 0 Å². The van der Waals surface area contributed by atoms with Crippen LogP contribution in [-0.4, -0.2) is 22.6 Å². The molecule has 0 saturated carbocycles. The van der Waals surface area contributed by atoms with Crippen LogP contribution in [0.25, 0.3) is 0 Å². The first-order valence-corrected chi connectivity index (χ1v) is 3.58. The zero-order valence-corrected chi connectivity index (χ0v) is 8.49. The maximum absolute atomic E-state index is 4.15. The molecule has 0 radical (unpaired) electrons. The molecule has 0 atom stereocenters. The SMILES string of the molecule is Cc1nccn1C1CNC1.Cl.Cl. The minimum absolute atomic E-state index is 0. The average molecular weight is 210 g/mol. The Bertz CT molecular complexity index is 232. The van der Waals surface area contributed by atoms with Gasteiger partial charge in [0.25, 0.3) is 0 Å². The van der Waals surface area contributed by atoms with E-state index < -0.39 is 0 Å². The number of hydrogen-bond acceptors (Lipinski definition) is 2. The smallest absolute Gasteiger partial charge is 0.105 e. The predicted molar refractivity (Wildman–Crippen MR) is 53.4 cm³/mol. The molecule has 1 aromatic rings. The molecule has 0 bridgehead atoms. The summed E-state index contributed by atoms with van der Waals surface area (Å²) in [5.41, 5.74) is 0. The molecule has 1 aliphatic rings. The third-order valence-corrected chi connectivity index (χ3v) is 2.02. The normalized spacial score (nSPS) is 15.8. The molecule has 1 saturated heterocycles. The van der Waals surface area contributed by atoms with Gasteiger partial charge < -0.3 is 9.88 Å². The van der Waals surface area contributed by atoms with Crippen LogP contribution in [0.4, 0.5) is 0 Å². The summed E-state index contributed by atoms with van der Waals surface area (Å²) in [6.45, 7) is 4.23. The Balaban J connectivity index is 0.000000605. The van der Waals surface area contributed by atoms with Crippen LogP contribution in [0.15, 0.2) is 12.4 Å². The van der Waals surface area contributed by atoms with Crippen LogP contribution in [0.2, 0.25) is 0 Å². The zero-order valence-electron chi connectivity index (χ0n) is 6.86. The first-order chi connectivity index (χ1) is 4.88. The fourth-order valence-corrected chi connectivity index (χ4v) is 1.24. The third-order valence-electron chi connectivity index (χ3n) is 2.02. The van der Waals surface area contributed by atoms with Crippen LogP contribution in [0, 0.1) is 6.92 Å². The maximum atomic E-state index is 4.15. The lowest BCUT2D eigenvalue weighted by atomic mass is 10.2. The predicted octanol–water partition coefficient (Wildman–Crippen LogP) is 1.18. The van der Waals surface area contributed by atoms with Crippen molar-refractivity contribution in [1.82, 2.24) is 14.9 Å². The molecule has 0 amide bonds. The Morgan fingerprint density at radius 3 is 2.50 bits per heavy atom. The van der Waals surface area contributed by atoms with Gasteiger partial charge in [-0.25, -0.2) is 4.98 Å². The van der Waals surface area contributed by atoms with Gasteiger partial charge in [0.05, 0.1) is 6.04 Å². The van der Waals surface area contributed by atoms with E-state index in [1.54, 1.807) is 0 Å². The van der Waals surface area contributed by atoms with Gasteiger partial charge in [0.2, 0.25) is 0 Å². The fraction of sp³-hybridized carbons (Fsp3) is 0.571. The number of aromatic nitrogens is 2. The molecule has 12 heavy (non-hydrogen) atoms. The van der Waals surface area contributed by atoms with Crippen molar-refractivity contribution in [3.63, 3.8) is 0 Å². The van der Waals surface area contributed by atoms with Crippen LogP contribution in [0.3, 0.4) is 0 Å². The standard InChI is InChI=1S/C7H11N3.2ClH/c1-6-9-2-3-10(6)7-4-8-5-7;;/h2-3,7-8H,4-5H2,1H3;2*1H. The van der Waals surface area contributed by atoms with E-state index in [1.807, 2.05) is 19.3 Å². The molecule has 3 nitrogen and oxygen atoms in total. The van der Waals surface area contributed by atoms with Gasteiger partial charge in [-0.3, -0.25) is 0 Å². The molecular weight excluding hydrogens is 197 g/mol. The number of nitrogens with zero attached hydrogens (tertiary/aromatic N) is 2. The highest BCUT2D eigenvalue weighted by Gasteiger charge is 2.18. The highest BCUT2D eigenvalue weighted by atomic mass is 35.5. The van der Waals surface area contributed by atoms with E-state index in [0.717, 1.165) is 18.9 Å². The number of aryl methyl sites for hydroxylation is 1. The van der Waals surface area contributed by atoms with E-state index in [4.69, 9.17) is 0 Å². The van der Waals surface area contributed by atoms with Crippen LogP contribution < -0.4 is 5.32 Å². The number of imidazole rings is 1. The molecule has 2 heterocycles. The minimum Gasteiger partial charge on any atom is -0.330 e. The number of rotatable bonds is 1. The van der Waals surface area contributed by atoms with Crippen molar-refractivity contribution in [3.05, 3.63) is 18.2 Å². The zero-order chi connectivity index (χ0) is 6.97. The second-order valence-corrected chi connectivity index (χ2v) is 2.69. The van der Waals surface area contributed by atoms with E-state index in [0.29, 0.717) is 6.04 Å². The van der Waals surface area contributed by atoms with Crippen molar-refractivity contribution in [2.24, 2.45) is 0 Å². The van der Waals surface area contributed by atoms with E-state index in [9.17, 15) is 0 Å². The topological polar surface area (TPSA) is 29.9 Å². The molecule has 70 valence electrons. The molecule has 1 fully saturated rings. The van der Waals surface area contributed by atoms with Crippen LogP contribution in [0.1, 0.15) is 11.9 Å². The summed E-state index contributed by atoms with van der Waals surface area (Å²) in [7, 11) is 0. The summed E-state index contributed by atoms with van der Waals surface area (Å²) in [4.78, 5) is 4.15. The summed E-state index contributed by atoms with van der Waals surface area (Å²) in [5, 5.41) is 3.23. The summed E-state index contributed by atoms with van der Waals surface area (Å²) < 4.78 is 2.22. The van der Waals surface area contributed by atoms with Gasteiger partial charge in [-0.05, 0) is 6.92 Å². The van der Waals surface area contributed by atoms with Gasteiger partial charge in [-0.1, -0.05) is 0 Å². The molecule has 1 aromatic heterocycles. The van der Waals surface area contributed by atoms with E-state index in [1.165, 1.54) is 0 Å². The molecular formula is C7H13Cl2N3. The molecule has 5 heteroatoms. The molecule has 0 aliphatic carbocycles. The first-order valence-electron chi connectivity index (χ1n) is 3.58. The second-order valence-electron chi connectivity index (χ2n) is 2.69. The lowest BCUT2D eigenvalue weighted by molar-refractivity contribution is 0.338. The van der Waals surface area contributed by atoms with Gasteiger partial charge in [-0.15, -0.1) is 24.8 Å². The van der Waals surface area contributed by atoms with Crippen LogP contribution in [-0.2, 0) is 0 Å². The average Bonchev–Trinajstić information content (AvgIpc) is 2.12. The number of hydrogen-bond donors (Lipinski definition) is 1. The number of halogens is 2. The molecule has 0 aromatic carbocycles. The van der Waals surface area contributed by atoms with Crippen molar-refractivity contribution in [2.45, 2.75) is 13.0 Å². The lowest BCUT2D eigenvalue weighted by Gasteiger charge is -2.29. The second kappa shape index (κ2) is 4.70. The summed E-state index contributed by atoms with van der Waals surface area (Å²) in [6, 6.07) is 0.655. The van der Waals surface area contributed by atoms with Crippen molar-refractivity contribution < 1.29 is 0 Å². The highest BCUT2D eigenvalue weighted by Crippen LogP contribution is 2.12. The lowest BCUT2D eigenvalue weighted by Crippen LogP contribution is -2.43. The van der Waals surface area contributed by atoms with E-state index >= 15 is 0 Å². The highest BCUT2D eigenvalue weighted by molar-refractivity contribution is 5.85. The third kappa shape index (κ3) is 1.91. The Kier molecular flexibility index (Phi) is 4.60. The van der Waals surface area contributed by atoms with Gasteiger partial charge >= 0.3 is 0 Å². The summed E-state index contributed by atoms with van der Waals surface area (Å²) in [6.07, 6.45) is 3.90. The minimum atomic E-state index is 0. The Morgan fingerprint density at radius 2 is 2.17 bits per heavy atom. The van der Waals surface area contributed by atoms with E-state index in [-0.39, 0.29) is 24.8 Å². The van der Waals surface area contributed by atoms with Crippen LogP contribution >= 0.6 is 24.8 Å².